The molecule has 0 fully saturated rings. The molecule has 0 unspecified atom stereocenters. The van der Waals surface area contributed by atoms with E-state index in [1.807, 2.05) is 47.9 Å². The zero-order chi connectivity index (χ0) is 21.0. The number of methoxy groups -OCH3 is 1. The molecule has 0 saturated heterocycles. The van der Waals surface area contributed by atoms with Crippen LogP contribution in [0.4, 0.5) is 13.2 Å². The number of alkyl halides is 3. The number of fused-ring (bicyclic) bond motifs is 5. The van der Waals surface area contributed by atoms with E-state index in [1.54, 1.807) is 19.2 Å². The summed E-state index contributed by atoms with van der Waals surface area (Å²) in [6.45, 7) is 1.98. The number of aryl methyl sites for hydroxylation is 1. The molecule has 0 radical (unpaired) electrons. The third-order valence-corrected chi connectivity index (χ3v) is 5.39. The van der Waals surface area contributed by atoms with Crippen molar-refractivity contribution >= 4 is 27.5 Å². The topological polar surface area (TPSA) is 26.5 Å². The summed E-state index contributed by atoms with van der Waals surface area (Å²) in [5, 5.41) is 1.20. The first kappa shape index (κ1) is 18.5. The third kappa shape index (κ3) is 2.87. The number of ether oxygens (including phenoxy) is 1. The Morgan fingerprint density at radius 1 is 0.900 bits per heavy atom. The van der Waals surface area contributed by atoms with Gasteiger partial charge in [-0.25, -0.2) is 4.98 Å². The number of rotatable bonds is 2. The van der Waals surface area contributed by atoms with Crippen LogP contribution in [0.2, 0.25) is 0 Å². The predicted molar refractivity (Wildman–Crippen MR) is 112 cm³/mol. The molecular weight excluding hydrogens is 389 g/mol. The first-order valence-corrected chi connectivity index (χ1v) is 9.42. The zero-order valence-corrected chi connectivity index (χ0v) is 16.3. The minimum Gasteiger partial charge on any atom is -0.497 e. The highest BCUT2D eigenvalue weighted by molar-refractivity contribution is 6.12. The summed E-state index contributed by atoms with van der Waals surface area (Å²) in [6, 6.07) is 17.0. The highest BCUT2D eigenvalue weighted by Crippen LogP contribution is 2.39. The molecule has 0 aliphatic rings. The average Bonchev–Trinajstić information content (AvgIpc) is 3.09. The minimum absolute atomic E-state index is 0.516. The molecule has 3 aromatic carbocycles. The van der Waals surface area contributed by atoms with Crippen LogP contribution in [0.3, 0.4) is 0 Å². The second kappa shape index (κ2) is 6.49. The quantitative estimate of drug-likeness (QED) is 0.328. The van der Waals surface area contributed by atoms with Crippen LogP contribution in [0.5, 0.6) is 5.75 Å². The standard InChI is InChI=1S/C24H17F3N2O/c1-14-9-10-29-21-13-19(15-3-6-17(30-2)7-4-15)20-12-16(24(25,26)27)5-8-18(20)23(21)28-22(29)11-14/h3-13H,1-2H3. The van der Waals surface area contributed by atoms with Crippen LogP contribution in [-0.4, -0.2) is 16.5 Å². The molecular formula is C24H17F3N2O. The Morgan fingerprint density at radius 3 is 2.37 bits per heavy atom. The van der Waals surface area contributed by atoms with Crippen molar-refractivity contribution in [3.8, 4) is 16.9 Å². The minimum atomic E-state index is -4.42. The summed E-state index contributed by atoms with van der Waals surface area (Å²) in [4.78, 5) is 4.72. The van der Waals surface area contributed by atoms with Crippen molar-refractivity contribution in [1.29, 1.82) is 0 Å². The first-order valence-electron chi connectivity index (χ1n) is 9.42. The van der Waals surface area contributed by atoms with Gasteiger partial charge in [0.2, 0.25) is 0 Å². The van der Waals surface area contributed by atoms with E-state index < -0.39 is 11.7 Å². The van der Waals surface area contributed by atoms with Crippen molar-refractivity contribution in [1.82, 2.24) is 9.38 Å². The smallest absolute Gasteiger partial charge is 0.416 e. The lowest BCUT2D eigenvalue weighted by Crippen LogP contribution is -2.04. The van der Waals surface area contributed by atoms with E-state index in [-0.39, 0.29) is 0 Å². The summed E-state index contributed by atoms with van der Waals surface area (Å²) < 4.78 is 47.5. The van der Waals surface area contributed by atoms with E-state index in [9.17, 15) is 13.2 Å². The van der Waals surface area contributed by atoms with Gasteiger partial charge < -0.3 is 4.74 Å². The molecule has 2 aromatic heterocycles. The number of hydrogen-bond acceptors (Lipinski definition) is 2. The molecule has 3 nitrogen and oxygen atoms in total. The maximum atomic E-state index is 13.4. The van der Waals surface area contributed by atoms with Crippen molar-refractivity contribution in [2.75, 3.05) is 7.11 Å². The molecule has 0 aliphatic carbocycles. The lowest BCUT2D eigenvalue weighted by atomic mass is 9.95. The number of nitrogens with zero attached hydrogens (tertiary/aromatic N) is 2. The number of pyridine rings is 1. The molecule has 0 bridgehead atoms. The van der Waals surface area contributed by atoms with Gasteiger partial charge in [0.1, 0.15) is 11.4 Å². The van der Waals surface area contributed by atoms with Crippen LogP contribution in [0.1, 0.15) is 11.1 Å². The third-order valence-electron chi connectivity index (χ3n) is 5.39. The normalized spacial score (nSPS) is 12.2. The summed E-state index contributed by atoms with van der Waals surface area (Å²) in [6.07, 6.45) is -2.48. The molecule has 0 aliphatic heterocycles. The van der Waals surface area contributed by atoms with Crippen LogP contribution in [-0.2, 0) is 6.18 Å². The molecule has 6 heteroatoms. The highest BCUT2D eigenvalue weighted by Gasteiger charge is 2.31. The molecule has 0 atom stereocenters. The Kier molecular flexibility index (Phi) is 4.00. The zero-order valence-electron chi connectivity index (χ0n) is 16.3. The van der Waals surface area contributed by atoms with Crippen molar-refractivity contribution in [2.24, 2.45) is 0 Å². The van der Waals surface area contributed by atoms with E-state index in [0.29, 0.717) is 27.6 Å². The van der Waals surface area contributed by atoms with Crippen molar-refractivity contribution in [3.05, 3.63) is 78.0 Å². The molecule has 0 N–H and O–H groups in total. The second-order valence-corrected chi connectivity index (χ2v) is 7.32. The molecule has 5 aromatic rings. The molecule has 150 valence electrons. The highest BCUT2D eigenvalue weighted by atomic mass is 19.4. The van der Waals surface area contributed by atoms with Crippen LogP contribution < -0.4 is 4.74 Å². The van der Waals surface area contributed by atoms with Crippen LogP contribution in [0.25, 0.3) is 38.6 Å². The van der Waals surface area contributed by atoms with Gasteiger partial charge in [0.15, 0.2) is 0 Å². The Labute approximate surface area is 170 Å². The van der Waals surface area contributed by atoms with E-state index in [4.69, 9.17) is 9.72 Å². The van der Waals surface area contributed by atoms with E-state index in [0.717, 1.165) is 28.4 Å². The summed E-state index contributed by atoms with van der Waals surface area (Å²) >= 11 is 0. The SMILES string of the molecule is COc1ccc(-c2cc3c(nc4cc(C)ccn43)c3ccc(C(F)(F)F)cc23)cc1. The fraction of sp³-hybridized carbons (Fsp3) is 0.125. The predicted octanol–water partition coefficient (Wildman–Crippen LogP) is 6.64. The van der Waals surface area contributed by atoms with Crippen molar-refractivity contribution in [3.63, 3.8) is 0 Å². The maximum Gasteiger partial charge on any atom is 0.416 e. The molecule has 0 saturated carbocycles. The lowest BCUT2D eigenvalue weighted by Gasteiger charge is -2.13. The Bertz CT molecular complexity index is 1420. The van der Waals surface area contributed by atoms with Crippen LogP contribution in [0.15, 0.2) is 66.9 Å². The summed E-state index contributed by atoms with van der Waals surface area (Å²) in [7, 11) is 1.58. The summed E-state index contributed by atoms with van der Waals surface area (Å²) in [5.74, 6) is 0.686. The number of imidazole rings is 1. The number of benzene rings is 3. The van der Waals surface area contributed by atoms with Gasteiger partial charge in [-0.15, -0.1) is 0 Å². The Hall–Kier alpha value is -3.54. The number of aromatic nitrogens is 2. The van der Waals surface area contributed by atoms with E-state index >= 15 is 0 Å². The van der Waals surface area contributed by atoms with Gasteiger partial charge in [-0.05, 0) is 71.5 Å². The first-order chi connectivity index (χ1) is 14.3. The largest absolute Gasteiger partial charge is 0.497 e. The van der Waals surface area contributed by atoms with Gasteiger partial charge in [-0.2, -0.15) is 13.2 Å². The van der Waals surface area contributed by atoms with Gasteiger partial charge in [-0.3, -0.25) is 4.40 Å². The van der Waals surface area contributed by atoms with Crippen LogP contribution in [0, 0.1) is 6.92 Å². The molecule has 2 heterocycles. The number of halogens is 3. The van der Waals surface area contributed by atoms with Gasteiger partial charge >= 0.3 is 6.18 Å². The number of hydrogen-bond donors (Lipinski definition) is 0. The van der Waals surface area contributed by atoms with E-state index in [2.05, 4.69) is 0 Å². The molecule has 30 heavy (non-hydrogen) atoms. The molecule has 0 spiro atoms. The molecule has 0 amide bonds. The van der Waals surface area contributed by atoms with Crippen molar-refractivity contribution < 1.29 is 17.9 Å². The van der Waals surface area contributed by atoms with E-state index in [1.165, 1.54) is 12.1 Å². The Balaban J connectivity index is 1.91. The van der Waals surface area contributed by atoms with Gasteiger partial charge in [-0.1, -0.05) is 18.2 Å². The van der Waals surface area contributed by atoms with Crippen molar-refractivity contribution in [2.45, 2.75) is 13.1 Å². The fourth-order valence-electron chi connectivity index (χ4n) is 3.88. The summed E-state index contributed by atoms with van der Waals surface area (Å²) in [5.41, 5.74) is 4.21. The molecule has 5 rings (SSSR count). The van der Waals surface area contributed by atoms with Crippen LogP contribution >= 0.6 is 0 Å². The Morgan fingerprint density at radius 2 is 1.67 bits per heavy atom. The fourth-order valence-corrected chi connectivity index (χ4v) is 3.88. The van der Waals surface area contributed by atoms with Gasteiger partial charge in [0, 0.05) is 11.6 Å². The second-order valence-electron chi connectivity index (χ2n) is 7.32. The van der Waals surface area contributed by atoms with Gasteiger partial charge in [0.25, 0.3) is 0 Å². The lowest BCUT2D eigenvalue weighted by molar-refractivity contribution is -0.137. The maximum absolute atomic E-state index is 13.4. The monoisotopic (exact) mass is 406 g/mol. The average molecular weight is 406 g/mol. The van der Waals surface area contributed by atoms with Gasteiger partial charge in [0.05, 0.1) is 23.7 Å².